The number of aryl methyl sites for hydroxylation is 1. The Morgan fingerprint density at radius 3 is 2.62 bits per heavy atom. The Balaban J connectivity index is 2.48. The lowest BCUT2D eigenvalue weighted by Crippen LogP contribution is -2.17. The first kappa shape index (κ1) is 15.8. The maximum Gasteiger partial charge on any atom is 0.266 e. The van der Waals surface area contributed by atoms with Gasteiger partial charge in [0.05, 0.1) is 11.4 Å². The summed E-state index contributed by atoms with van der Waals surface area (Å²) in [6.07, 6.45) is 0.629. The predicted octanol–water partition coefficient (Wildman–Crippen LogP) is 3.53. The fourth-order valence-electron chi connectivity index (χ4n) is 1.96. The molecular weight excluding hydrogens is 359 g/mol. The van der Waals surface area contributed by atoms with E-state index >= 15 is 0 Å². The Labute approximate surface area is 131 Å². The standard InChI is InChI=1S/C14H14BrFN2O2S/c1-2-9-8-10(15)6-7-13(9)18-21(19,20)14-11(16)4-3-5-12(14)17/h3-8,18H,2,17H2,1H3. The molecule has 3 N–H and O–H groups in total. The lowest BCUT2D eigenvalue weighted by Gasteiger charge is -2.14. The van der Waals surface area contributed by atoms with Crippen LogP contribution in [0.25, 0.3) is 0 Å². The molecule has 2 rings (SSSR count). The van der Waals surface area contributed by atoms with Crippen molar-refractivity contribution in [3.8, 4) is 0 Å². The second kappa shape index (κ2) is 6.03. The summed E-state index contributed by atoms with van der Waals surface area (Å²) in [6, 6.07) is 8.91. The molecule has 0 aliphatic carbocycles. The predicted molar refractivity (Wildman–Crippen MR) is 85.1 cm³/mol. The molecule has 0 saturated carbocycles. The van der Waals surface area contributed by atoms with Gasteiger partial charge in [0.25, 0.3) is 10.0 Å². The van der Waals surface area contributed by atoms with Crippen molar-refractivity contribution in [3.05, 3.63) is 52.3 Å². The van der Waals surface area contributed by atoms with Gasteiger partial charge in [-0.05, 0) is 42.3 Å². The number of benzene rings is 2. The highest BCUT2D eigenvalue weighted by molar-refractivity contribution is 9.10. The van der Waals surface area contributed by atoms with Gasteiger partial charge in [0, 0.05) is 4.47 Å². The van der Waals surface area contributed by atoms with E-state index in [0.717, 1.165) is 16.1 Å². The summed E-state index contributed by atoms with van der Waals surface area (Å²) < 4.78 is 41.7. The molecule has 21 heavy (non-hydrogen) atoms. The van der Waals surface area contributed by atoms with Gasteiger partial charge in [-0.2, -0.15) is 0 Å². The van der Waals surface area contributed by atoms with Crippen molar-refractivity contribution in [2.24, 2.45) is 0 Å². The summed E-state index contributed by atoms with van der Waals surface area (Å²) in [7, 11) is -4.09. The zero-order valence-corrected chi connectivity index (χ0v) is 13.6. The molecule has 0 spiro atoms. The molecule has 112 valence electrons. The number of nitrogens with one attached hydrogen (secondary N) is 1. The van der Waals surface area contributed by atoms with E-state index in [1.54, 1.807) is 12.1 Å². The minimum absolute atomic E-state index is 0.127. The molecule has 0 atom stereocenters. The average molecular weight is 373 g/mol. The van der Waals surface area contributed by atoms with Crippen molar-refractivity contribution in [1.82, 2.24) is 0 Å². The SMILES string of the molecule is CCc1cc(Br)ccc1NS(=O)(=O)c1c(N)cccc1F. The summed E-state index contributed by atoms with van der Waals surface area (Å²) >= 11 is 3.33. The van der Waals surface area contributed by atoms with Crippen LogP contribution in [-0.4, -0.2) is 8.42 Å². The number of nitrogens with two attached hydrogens (primary N) is 1. The van der Waals surface area contributed by atoms with Crippen LogP contribution >= 0.6 is 15.9 Å². The first-order valence-electron chi connectivity index (χ1n) is 6.20. The third kappa shape index (κ3) is 3.36. The fourth-order valence-corrected chi connectivity index (χ4v) is 3.66. The average Bonchev–Trinajstić information content (AvgIpc) is 2.40. The lowest BCUT2D eigenvalue weighted by atomic mass is 10.1. The monoisotopic (exact) mass is 372 g/mol. The molecule has 0 amide bonds. The van der Waals surface area contributed by atoms with Gasteiger partial charge in [0.2, 0.25) is 0 Å². The molecule has 0 aromatic heterocycles. The van der Waals surface area contributed by atoms with Gasteiger partial charge in [-0.3, -0.25) is 4.72 Å². The van der Waals surface area contributed by atoms with Gasteiger partial charge >= 0.3 is 0 Å². The zero-order valence-electron chi connectivity index (χ0n) is 11.2. The van der Waals surface area contributed by atoms with Crippen LogP contribution < -0.4 is 10.5 Å². The number of anilines is 2. The number of sulfonamides is 1. The molecule has 0 bridgehead atoms. The highest BCUT2D eigenvalue weighted by Gasteiger charge is 2.23. The summed E-state index contributed by atoms with van der Waals surface area (Å²) in [6.45, 7) is 1.90. The first-order chi connectivity index (χ1) is 9.85. The molecule has 0 heterocycles. The van der Waals surface area contributed by atoms with E-state index in [2.05, 4.69) is 20.7 Å². The Bertz CT molecular complexity index is 758. The van der Waals surface area contributed by atoms with E-state index in [0.29, 0.717) is 12.1 Å². The number of hydrogen-bond acceptors (Lipinski definition) is 3. The Hall–Kier alpha value is -1.60. The van der Waals surface area contributed by atoms with Gasteiger partial charge in [-0.25, -0.2) is 12.8 Å². The molecule has 2 aromatic rings. The molecule has 0 aliphatic rings. The second-order valence-corrected chi connectivity index (χ2v) is 6.95. The molecule has 0 unspecified atom stereocenters. The van der Waals surface area contributed by atoms with Gasteiger partial charge in [0.15, 0.2) is 0 Å². The van der Waals surface area contributed by atoms with Crippen LogP contribution in [0.15, 0.2) is 45.8 Å². The number of nitrogen functional groups attached to an aromatic ring is 1. The van der Waals surface area contributed by atoms with Crippen LogP contribution in [0.3, 0.4) is 0 Å². The van der Waals surface area contributed by atoms with Gasteiger partial charge in [-0.15, -0.1) is 0 Å². The zero-order chi connectivity index (χ0) is 15.6. The quantitative estimate of drug-likeness (QED) is 0.806. The van der Waals surface area contributed by atoms with Crippen LogP contribution in [0.1, 0.15) is 12.5 Å². The molecular formula is C14H14BrFN2O2S. The van der Waals surface area contributed by atoms with Crippen LogP contribution in [0.5, 0.6) is 0 Å². The van der Waals surface area contributed by atoms with Crippen LogP contribution in [0.2, 0.25) is 0 Å². The Morgan fingerprint density at radius 1 is 1.29 bits per heavy atom. The van der Waals surface area contributed by atoms with Crippen molar-refractivity contribution in [1.29, 1.82) is 0 Å². The highest BCUT2D eigenvalue weighted by Crippen LogP contribution is 2.27. The maximum atomic E-state index is 13.8. The molecule has 2 aromatic carbocycles. The molecule has 0 fully saturated rings. The van der Waals surface area contributed by atoms with Crippen molar-refractivity contribution in [2.75, 3.05) is 10.5 Å². The third-order valence-corrected chi connectivity index (χ3v) is 4.91. The molecule has 7 heteroatoms. The number of halogens is 2. The molecule has 4 nitrogen and oxygen atoms in total. The maximum absolute atomic E-state index is 13.8. The lowest BCUT2D eigenvalue weighted by molar-refractivity contribution is 0.572. The molecule has 0 aliphatic heterocycles. The van der Waals surface area contributed by atoms with E-state index < -0.39 is 20.7 Å². The fraction of sp³-hybridized carbons (Fsp3) is 0.143. The summed E-state index contributed by atoms with van der Waals surface area (Å²) in [5.41, 5.74) is 6.66. The van der Waals surface area contributed by atoms with E-state index in [4.69, 9.17) is 5.73 Å². The minimum atomic E-state index is -4.09. The molecule has 0 radical (unpaired) electrons. The first-order valence-corrected chi connectivity index (χ1v) is 8.48. The van der Waals surface area contributed by atoms with Crippen LogP contribution in [0.4, 0.5) is 15.8 Å². The highest BCUT2D eigenvalue weighted by atomic mass is 79.9. The molecule has 0 saturated heterocycles. The van der Waals surface area contributed by atoms with Crippen LogP contribution in [0, 0.1) is 5.82 Å². The van der Waals surface area contributed by atoms with Crippen LogP contribution in [-0.2, 0) is 16.4 Å². The summed E-state index contributed by atoms with van der Waals surface area (Å²) in [4.78, 5) is -0.532. The number of hydrogen-bond donors (Lipinski definition) is 2. The summed E-state index contributed by atoms with van der Waals surface area (Å²) in [5.74, 6) is -0.877. The largest absolute Gasteiger partial charge is 0.398 e. The second-order valence-electron chi connectivity index (χ2n) is 4.42. The van der Waals surface area contributed by atoms with Crippen molar-refractivity contribution in [3.63, 3.8) is 0 Å². The van der Waals surface area contributed by atoms with Crippen molar-refractivity contribution >= 4 is 37.3 Å². The minimum Gasteiger partial charge on any atom is -0.398 e. The summed E-state index contributed by atoms with van der Waals surface area (Å²) in [5, 5.41) is 0. The van der Waals surface area contributed by atoms with Gasteiger partial charge in [0.1, 0.15) is 10.7 Å². The van der Waals surface area contributed by atoms with Gasteiger partial charge < -0.3 is 5.73 Å². The van der Waals surface area contributed by atoms with E-state index in [9.17, 15) is 12.8 Å². The Morgan fingerprint density at radius 2 is 2.00 bits per heavy atom. The topological polar surface area (TPSA) is 72.2 Å². The van der Waals surface area contributed by atoms with Crippen molar-refractivity contribution in [2.45, 2.75) is 18.2 Å². The van der Waals surface area contributed by atoms with E-state index in [1.165, 1.54) is 12.1 Å². The van der Waals surface area contributed by atoms with Crippen molar-refractivity contribution < 1.29 is 12.8 Å². The van der Waals surface area contributed by atoms with E-state index in [1.807, 2.05) is 13.0 Å². The third-order valence-electron chi connectivity index (χ3n) is 2.96. The van der Waals surface area contributed by atoms with E-state index in [-0.39, 0.29) is 5.69 Å². The van der Waals surface area contributed by atoms with Gasteiger partial charge in [-0.1, -0.05) is 28.9 Å². The normalized spacial score (nSPS) is 11.4. The Kier molecular flexibility index (Phi) is 4.53. The smallest absolute Gasteiger partial charge is 0.266 e. The number of rotatable bonds is 4.